The van der Waals surface area contributed by atoms with E-state index >= 15 is 0 Å². The van der Waals surface area contributed by atoms with Crippen LogP contribution < -0.4 is 5.73 Å². The number of halogens is 3. The third-order valence-corrected chi connectivity index (χ3v) is 3.77. The molecule has 1 aromatic rings. The van der Waals surface area contributed by atoms with Crippen LogP contribution in [0.2, 0.25) is 0 Å². The van der Waals surface area contributed by atoms with Gasteiger partial charge >= 0.3 is 12.1 Å². The van der Waals surface area contributed by atoms with Gasteiger partial charge in [0.15, 0.2) is 0 Å². The Hall–Kier alpha value is -2.05. The molecule has 0 spiro atoms. The number of carbonyl (C=O) groups excluding carboxylic acids is 2. The van der Waals surface area contributed by atoms with Crippen LogP contribution in [0.25, 0.3) is 0 Å². The van der Waals surface area contributed by atoms with Crippen LogP contribution in [0.15, 0.2) is 30.3 Å². The molecular formula is C14H15F3N2O2. The number of amides is 2. The number of nitrogens with two attached hydrogens (primary N) is 1. The lowest BCUT2D eigenvalue weighted by atomic mass is 9.87. The molecule has 1 saturated heterocycles. The first kappa shape index (κ1) is 15.3. The van der Waals surface area contributed by atoms with Crippen LogP contribution in [0.1, 0.15) is 18.4 Å². The molecule has 1 atom stereocenters. The van der Waals surface area contributed by atoms with Crippen molar-refractivity contribution >= 4 is 11.8 Å². The molecule has 0 aliphatic carbocycles. The van der Waals surface area contributed by atoms with E-state index in [1.165, 1.54) is 0 Å². The second kappa shape index (κ2) is 5.38. The molecule has 1 heterocycles. The van der Waals surface area contributed by atoms with Crippen molar-refractivity contribution < 1.29 is 22.8 Å². The quantitative estimate of drug-likeness (QED) is 0.922. The standard InChI is InChI=1S/C14H15F3N2O2/c15-14(16,17)12(21)19-8-4-7-13(19,11(18)20)9-10-5-2-1-3-6-10/h1-3,5-6H,4,7-9H2,(H2,18,20). The first-order valence-electron chi connectivity index (χ1n) is 6.50. The number of hydrogen-bond acceptors (Lipinski definition) is 2. The Bertz CT molecular complexity index is 545. The molecule has 7 heteroatoms. The van der Waals surface area contributed by atoms with Crippen LogP contribution in [-0.4, -0.2) is 35.0 Å². The Balaban J connectivity index is 2.37. The molecule has 4 nitrogen and oxygen atoms in total. The van der Waals surface area contributed by atoms with Gasteiger partial charge in [0.05, 0.1) is 0 Å². The zero-order valence-electron chi connectivity index (χ0n) is 11.2. The summed E-state index contributed by atoms with van der Waals surface area (Å²) in [6, 6.07) is 8.58. The van der Waals surface area contributed by atoms with Gasteiger partial charge in [-0.05, 0) is 18.4 Å². The van der Waals surface area contributed by atoms with Crippen molar-refractivity contribution in [2.75, 3.05) is 6.54 Å². The minimum Gasteiger partial charge on any atom is -0.368 e. The van der Waals surface area contributed by atoms with Gasteiger partial charge in [0.25, 0.3) is 0 Å². The molecule has 1 aliphatic heterocycles. The second-order valence-corrected chi connectivity index (χ2v) is 5.12. The lowest BCUT2D eigenvalue weighted by Gasteiger charge is -2.36. The van der Waals surface area contributed by atoms with Gasteiger partial charge in [0.1, 0.15) is 5.54 Å². The maximum atomic E-state index is 12.7. The molecule has 2 amide bonds. The van der Waals surface area contributed by atoms with Gasteiger partial charge in [0, 0.05) is 13.0 Å². The number of benzene rings is 1. The maximum Gasteiger partial charge on any atom is 0.471 e. The summed E-state index contributed by atoms with van der Waals surface area (Å²) in [7, 11) is 0. The zero-order valence-corrected chi connectivity index (χ0v) is 11.2. The Morgan fingerprint density at radius 2 is 1.86 bits per heavy atom. The smallest absolute Gasteiger partial charge is 0.368 e. The topological polar surface area (TPSA) is 63.4 Å². The molecule has 0 bridgehead atoms. The van der Waals surface area contributed by atoms with Gasteiger partial charge in [-0.1, -0.05) is 30.3 Å². The summed E-state index contributed by atoms with van der Waals surface area (Å²) in [6.07, 6.45) is -4.57. The van der Waals surface area contributed by atoms with E-state index in [2.05, 4.69) is 0 Å². The SMILES string of the molecule is NC(=O)C1(Cc2ccccc2)CCCN1C(=O)C(F)(F)F. The van der Waals surface area contributed by atoms with Gasteiger partial charge in [-0.2, -0.15) is 13.2 Å². The molecule has 1 aromatic carbocycles. The van der Waals surface area contributed by atoms with Gasteiger partial charge in [-0.3, -0.25) is 9.59 Å². The first-order valence-corrected chi connectivity index (χ1v) is 6.50. The average Bonchev–Trinajstić information content (AvgIpc) is 2.82. The summed E-state index contributed by atoms with van der Waals surface area (Å²) < 4.78 is 38.1. The highest BCUT2D eigenvalue weighted by molar-refractivity contribution is 5.93. The predicted molar refractivity (Wildman–Crippen MR) is 69.1 cm³/mol. The van der Waals surface area contributed by atoms with Crippen molar-refractivity contribution in [3.05, 3.63) is 35.9 Å². The lowest BCUT2D eigenvalue weighted by molar-refractivity contribution is -0.190. The summed E-state index contributed by atoms with van der Waals surface area (Å²) in [5.41, 5.74) is 4.41. The van der Waals surface area contributed by atoms with Crippen molar-refractivity contribution in [1.82, 2.24) is 4.90 Å². The normalized spacial score (nSPS) is 22.3. The van der Waals surface area contributed by atoms with Gasteiger partial charge in [-0.25, -0.2) is 0 Å². The Morgan fingerprint density at radius 3 is 2.38 bits per heavy atom. The largest absolute Gasteiger partial charge is 0.471 e. The minimum absolute atomic E-state index is 0.00894. The molecule has 0 radical (unpaired) electrons. The molecule has 2 N–H and O–H groups in total. The number of primary amides is 1. The molecule has 0 saturated carbocycles. The van der Waals surface area contributed by atoms with E-state index in [0.29, 0.717) is 16.9 Å². The van der Waals surface area contributed by atoms with E-state index in [-0.39, 0.29) is 19.4 Å². The van der Waals surface area contributed by atoms with E-state index in [1.807, 2.05) is 0 Å². The molecular weight excluding hydrogens is 285 g/mol. The second-order valence-electron chi connectivity index (χ2n) is 5.12. The summed E-state index contributed by atoms with van der Waals surface area (Å²) in [5, 5.41) is 0. The third kappa shape index (κ3) is 2.86. The van der Waals surface area contributed by atoms with Crippen molar-refractivity contribution in [2.45, 2.75) is 31.0 Å². The molecule has 1 fully saturated rings. The fourth-order valence-corrected chi connectivity index (χ4v) is 2.79. The average molecular weight is 300 g/mol. The lowest BCUT2D eigenvalue weighted by Crippen LogP contribution is -2.60. The number of alkyl halides is 3. The molecule has 1 unspecified atom stereocenters. The fourth-order valence-electron chi connectivity index (χ4n) is 2.79. The van der Waals surface area contributed by atoms with Gasteiger partial charge < -0.3 is 10.6 Å². The molecule has 114 valence electrons. The highest BCUT2D eigenvalue weighted by Gasteiger charge is 2.55. The number of rotatable bonds is 3. The predicted octanol–water partition coefficient (Wildman–Crippen LogP) is 1.64. The van der Waals surface area contributed by atoms with E-state index in [4.69, 9.17) is 5.73 Å². The van der Waals surface area contributed by atoms with Crippen LogP contribution in [-0.2, 0) is 16.0 Å². The van der Waals surface area contributed by atoms with Crippen molar-refractivity contribution in [3.63, 3.8) is 0 Å². The summed E-state index contributed by atoms with van der Waals surface area (Å²) in [6.45, 7) is -0.117. The number of nitrogens with zero attached hydrogens (tertiary/aromatic N) is 1. The number of carbonyl (C=O) groups is 2. The summed E-state index contributed by atoms with van der Waals surface area (Å²) in [4.78, 5) is 24.0. The van der Waals surface area contributed by atoms with E-state index in [1.54, 1.807) is 30.3 Å². The van der Waals surface area contributed by atoms with Crippen molar-refractivity contribution in [2.24, 2.45) is 5.73 Å². The fraction of sp³-hybridized carbons (Fsp3) is 0.429. The van der Waals surface area contributed by atoms with E-state index < -0.39 is 23.5 Å². The van der Waals surface area contributed by atoms with Crippen LogP contribution >= 0.6 is 0 Å². The third-order valence-electron chi connectivity index (χ3n) is 3.77. The monoisotopic (exact) mass is 300 g/mol. The van der Waals surface area contributed by atoms with E-state index in [0.717, 1.165) is 0 Å². The minimum atomic E-state index is -5.01. The highest BCUT2D eigenvalue weighted by Crippen LogP contribution is 2.36. The highest BCUT2D eigenvalue weighted by atomic mass is 19.4. The van der Waals surface area contributed by atoms with E-state index in [9.17, 15) is 22.8 Å². The van der Waals surface area contributed by atoms with Crippen LogP contribution in [0.4, 0.5) is 13.2 Å². The Kier molecular flexibility index (Phi) is 3.93. The van der Waals surface area contributed by atoms with Gasteiger partial charge in [0.2, 0.25) is 5.91 Å². The number of hydrogen-bond donors (Lipinski definition) is 1. The molecule has 2 rings (SSSR count). The Morgan fingerprint density at radius 1 is 1.24 bits per heavy atom. The van der Waals surface area contributed by atoms with Crippen LogP contribution in [0.5, 0.6) is 0 Å². The van der Waals surface area contributed by atoms with Gasteiger partial charge in [-0.15, -0.1) is 0 Å². The zero-order chi connectivity index (χ0) is 15.7. The molecule has 1 aliphatic rings. The first-order chi connectivity index (χ1) is 9.77. The summed E-state index contributed by atoms with van der Waals surface area (Å²) in [5.74, 6) is -2.91. The molecule has 21 heavy (non-hydrogen) atoms. The molecule has 0 aromatic heterocycles. The van der Waals surface area contributed by atoms with Crippen molar-refractivity contribution in [1.29, 1.82) is 0 Å². The van der Waals surface area contributed by atoms with Crippen LogP contribution in [0.3, 0.4) is 0 Å². The maximum absolute atomic E-state index is 12.7. The van der Waals surface area contributed by atoms with Crippen LogP contribution in [0, 0.1) is 0 Å². The summed E-state index contributed by atoms with van der Waals surface area (Å²) >= 11 is 0. The number of likely N-dealkylation sites (tertiary alicyclic amines) is 1. The Labute approximate surface area is 119 Å². The van der Waals surface area contributed by atoms with Crippen molar-refractivity contribution in [3.8, 4) is 0 Å².